The Morgan fingerprint density at radius 2 is 2.04 bits per heavy atom. The largest absolute Gasteiger partial charge is 0.477 e. The number of carbonyl (C=O) groups excluding carboxylic acids is 1. The summed E-state index contributed by atoms with van der Waals surface area (Å²) < 4.78 is 12.7. The molecule has 0 aliphatic heterocycles. The molecule has 1 aromatic carbocycles. The molecule has 122 valence electrons. The number of aromatic nitrogens is 1. The Morgan fingerprint density at radius 3 is 2.83 bits per heavy atom. The molecule has 0 saturated carbocycles. The second-order valence-corrected chi connectivity index (χ2v) is 5.45. The van der Waals surface area contributed by atoms with Crippen molar-refractivity contribution in [2.45, 2.75) is 19.8 Å². The predicted octanol–water partition coefficient (Wildman–Crippen LogP) is 3.95. The van der Waals surface area contributed by atoms with Gasteiger partial charge < -0.3 is 13.9 Å². The maximum atomic E-state index is 12.6. The van der Waals surface area contributed by atoms with Crippen molar-refractivity contribution in [2.75, 3.05) is 13.2 Å². The first-order chi connectivity index (χ1) is 11.8. The highest BCUT2D eigenvalue weighted by atomic mass is 16.5. The maximum absolute atomic E-state index is 12.6. The van der Waals surface area contributed by atoms with E-state index in [-0.39, 0.29) is 12.6 Å². The van der Waals surface area contributed by atoms with Crippen LogP contribution in [0.15, 0.2) is 42.6 Å². The normalized spacial score (nSPS) is 10.7. The number of hydrogen-bond donors (Lipinski definition) is 0. The lowest BCUT2D eigenvalue weighted by molar-refractivity contribution is 0.0504. The van der Waals surface area contributed by atoms with Gasteiger partial charge in [-0.15, -0.1) is 0 Å². The van der Waals surface area contributed by atoms with E-state index in [2.05, 4.69) is 6.92 Å². The van der Waals surface area contributed by atoms with E-state index in [9.17, 15) is 4.79 Å². The van der Waals surface area contributed by atoms with E-state index < -0.39 is 0 Å². The van der Waals surface area contributed by atoms with Crippen LogP contribution in [-0.2, 0) is 4.74 Å². The zero-order valence-electron chi connectivity index (χ0n) is 13.5. The lowest BCUT2D eigenvalue weighted by Crippen LogP contribution is -2.06. The van der Waals surface area contributed by atoms with Gasteiger partial charge >= 0.3 is 5.97 Å². The summed E-state index contributed by atoms with van der Waals surface area (Å²) in [6.45, 7) is 2.46. The number of nitriles is 1. The number of nitrogens with zero attached hydrogens (tertiary/aromatic N) is 2. The molecule has 5 heteroatoms. The third kappa shape index (κ3) is 2.91. The minimum absolute atomic E-state index is 0.0172. The zero-order valence-corrected chi connectivity index (χ0v) is 13.5. The van der Waals surface area contributed by atoms with Crippen LogP contribution < -0.4 is 4.74 Å². The van der Waals surface area contributed by atoms with Gasteiger partial charge in [-0.2, -0.15) is 5.26 Å². The van der Waals surface area contributed by atoms with Gasteiger partial charge in [-0.25, -0.2) is 4.79 Å². The van der Waals surface area contributed by atoms with Crippen LogP contribution in [0.3, 0.4) is 0 Å². The number of benzene rings is 1. The van der Waals surface area contributed by atoms with Gasteiger partial charge in [0, 0.05) is 5.39 Å². The fraction of sp³-hybridized carbons (Fsp3) is 0.263. The van der Waals surface area contributed by atoms with Gasteiger partial charge in [0.1, 0.15) is 11.8 Å². The Kier molecular flexibility index (Phi) is 4.66. The fourth-order valence-corrected chi connectivity index (χ4v) is 2.71. The summed E-state index contributed by atoms with van der Waals surface area (Å²) >= 11 is 0. The van der Waals surface area contributed by atoms with Crippen molar-refractivity contribution >= 4 is 22.4 Å². The quantitative estimate of drug-likeness (QED) is 0.509. The molecule has 0 amide bonds. The van der Waals surface area contributed by atoms with E-state index in [4.69, 9.17) is 14.7 Å². The lowest BCUT2D eigenvalue weighted by Gasteiger charge is -2.05. The number of rotatable bonds is 6. The van der Waals surface area contributed by atoms with E-state index in [1.54, 1.807) is 12.3 Å². The summed E-state index contributed by atoms with van der Waals surface area (Å²) in [7, 11) is 0. The summed E-state index contributed by atoms with van der Waals surface area (Å²) in [6.07, 6.45) is 3.61. The molecule has 3 aromatic rings. The average molecular weight is 322 g/mol. The molecule has 0 spiro atoms. The van der Waals surface area contributed by atoms with Crippen molar-refractivity contribution in [3.05, 3.63) is 48.2 Å². The Balaban J connectivity index is 2.09. The van der Waals surface area contributed by atoms with Gasteiger partial charge in [-0.3, -0.25) is 0 Å². The van der Waals surface area contributed by atoms with Crippen LogP contribution in [0.5, 0.6) is 5.75 Å². The topological polar surface area (TPSA) is 63.7 Å². The molecule has 3 rings (SSSR count). The Bertz CT molecular complexity index is 921. The van der Waals surface area contributed by atoms with Crippen LogP contribution in [0, 0.1) is 11.3 Å². The minimum Gasteiger partial charge on any atom is -0.477 e. The average Bonchev–Trinajstić information content (AvgIpc) is 2.94. The second-order valence-electron chi connectivity index (χ2n) is 5.45. The first-order valence-electron chi connectivity index (χ1n) is 7.96. The first-order valence-corrected chi connectivity index (χ1v) is 7.96. The Morgan fingerprint density at radius 1 is 1.21 bits per heavy atom. The molecular formula is C19H18N2O3. The van der Waals surface area contributed by atoms with Crippen molar-refractivity contribution in [1.82, 2.24) is 4.40 Å². The second kappa shape index (κ2) is 7.05. The zero-order chi connectivity index (χ0) is 16.9. The number of hydrogen-bond acceptors (Lipinski definition) is 4. The number of fused-ring (bicyclic) bond motifs is 3. The summed E-state index contributed by atoms with van der Waals surface area (Å²) in [5, 5.41) is 9.49. The number of ether oxygens (including phenoxy) is 2. The fourth-order valence-electron chi connectivity index (χ4n) is 2.71. The summed E-state index contributed by atoms with van der Waals surface area (Å²) in [5.74, 6) is 0.267. The van der Waals surface area contributed by atoms with Gasteiger partial charge in [0.05, 0.1) is 29.4 Å². The van der Waals surface area contributed by atoms with Crippen LogP contribution >= 0.6 is 0 Å². The summed E-state index contributed by atoms with van der Waals surface area (Å²) in [5.41, 5.74) is 2.23. The number of carbonyl (C=O) groups is 1. The molecule has 0 unspecified atom stereocenters. The highest BCUT2D eigenvalue weighted by Gasteiger charge is 2.19. The van der Waals surface area contributed by atoms with E-state index in [1.165, 1.54) is 0 Å². The summed E-state index contributed by atoms with van der Waals surface area (Å²) in [4.78, 5) is 12.6. The molecule has 5 nitrogen and oxygen atoms in total. The molecule has 2 heterocycles. The third-order valence-electron chi connectivity index (χ3n) is 3.85. The molecule has 0 N–H and O–H groups in total. The van der Waals surface area contributed by atoms with Crippen molar-refractivity contribution in [3.8, 4) is 11.8 Å². The van der Waals surface area contributed by atoms with Crippen LogP contribution in [0.2, 0.25) is 0 Å². The monoisotopic (exact) mass is 322 g/mol. The highest BCUT2D eigenvalue weighted by Crippen LogP contribution is 2.29. The van der Waals surface area contributed by atoms with Gasteiger partial charge in [0.2, 0.25) is 0 Å². The van der Waals surface area contributed by atoms with Gasteiger partial charge in [0.25, 0.3) is 0 Å². The van der Waals surface area contributed by atoms with Crippen LogP contribution in [-0.4, -0.2) is 23.6 Å². The molecule has 0 fully saturated rings. The smallest absolute Gasteiger partial charge is 0.340 e. The molecular weight excluding hydrogens is 304 g/mol. The molecule has 0 aliphatic rings. The molecule has 0 bridgehead atoms. The van der Waals surface area contributed by atoms with Crippen molar-refractivity contribution in [1.29, 1.82) is 5.26 Å². The number of para-hydroxylation sites is 1. The van der Waals surface area contributed by atoms with Crippen LogP contribution in [0.1, 0.15) is 30.1 Å². The van der Waals surface area contributed by atoms with Crippen molar-refractivity contribution < 1.29 is 14.3 Å². The lowest BCUT2D eigenvalue weighted by atomic mass is 10.1. The van der Waals surface area contributed by atoms with Gasteiger partial charge in [-0.05, 0) is 24.6 Å². The SMILES string of the molecule is CCCCOC(=O)c1c2ccccc2n2cc(OCC#N)ccc12. The standard InChI is InChI=1S/C19H18N2O3/c1-2-3-11-24-19(22)18-15-6-4-5-7-16(15)21-13-14(23-12-10-20)8-9-17(18)21/h4-9,13H,2-3,11-12H2,1H3. The molecule has 24 heavy (non-hydrogen) atoms. The molecule has 2 aromatic heterocycles. The van der Waals surface area contributed by atoms with E-state index in [0.717, 1.165) is 29.3 Å². The van der Waals surface area contributed by atoms with Crippen LogP contribution in [0.4, 0.5) is 0 Å². The van der Waals surface area contributed by atoms with Gasteiger partial charge in [-0.1, -0.05) is 31.5 Å². The first kappa shape index (κ1) is 15.9. The predicted molar refractivity (Wildman–Crippen MR) is 91.2 cm³/mol. The van der Waals surface area contributed by atoms with E-state index in [0.29, 0.717) is 17.9 Å². The summed E-state index contributed by atoms with van der Waals surface area (Å²) in [6, 6.07) is 13.2. The number of unbranched alkanes of at least 4 members (excludes halogenated alkanes) is 1. The number of pyridine rings is 1. The van der Waals surface area contributed by atoms with Gasteiger partial charge in [0.15, 0.2) is 6.61 Å². The maximum Gasteiger partial charge on any atom is 0.340 e. The molecule has 0 saturated heterocycles. The molecule has 0 aliphatic carbocycles. The molecule has 0 radical (unpaired) electrons. The van der Waals surface area contributed by atoms with Crippen LogP contribution in [0.25, 0.3) is 16.4 Å². The minimum atomic E-state index is -0.312. The Hall–Kier alpha value is -3.00. The van der Waals surface area contributed by atoms with E-state index in [1.807, 2.05) is 40.8 Å². The number of esters is 1. The molecule has 0 atom stereocenters. The highest BCUT2D eigenvalue weighted by molar-refractivity contribution is 6.11. The third-order valence-corrected chi connectivity index (χ3v) is 3.85. The van der Waals surface area contributed by atoms with Crippen molar-refractivity contribution in [3.63, 3.8) is 0 Å². The van der Waals surface area contributed by atoms with E-state index >= 15 is 0 Å². The van der Waals surface area contributed by atoms with Crippen molar-refractivity contribution in [2.24, 2.45) is 0 Å². The Labute approximate surface area is 140 Å².